The highest BCUT2D eigenvalue weighted by atomic mass is 32.1. The Kier molecular flexibility index (Phi) is 5.49. The van der Waals surface area contributed by atoms with Crippen LogP contribution in [-0.2, 0) is 6.54 Å². The summed E-state index contributed by atoms with van der Waals surface area (Å²) in [5.74, 6) is -0.493. The van der Waals surface area contributed by atoms with E-state index in [1.54, 1.807) is 33.9 Å². The van der Waals surface area contributed by atoms with Crippen molar-refractivity contribution in [1.82, 2.24) is 9.47 Å². The lowest BCUT2D eigenvalue weighted by molar-refractivity contribution is -0.286. The fraction of sp³-hybridized carbons (Fsp3) is 0.273. The second kappa shape index (κ2) is 8.47. The minimum Gasteiger partial charge on any atom is -0.395 e. The second-order valence-corrected chi connectivity index (χ2v) is 8.69. The summed E-state index contributed by atoms with van der Waals surface area (Å²) in [5, 5.41) is 3.19. The lowest BCUT2D eigenvalue weighted by Crippen LogP contribution is -2.27. The van der Waals surface area contributed by atoms with Crippen LogP contribution in [0, 0.1) is 5.82 Å². The first-order chi connectivity index (χ1) is 15.9. The van der Waals surface area contributed by atoms with Gasteiger partial charge in [0.2, 0.25) is 0 Å². The van der Waals surface area contributed by atoms with E-state index in [1.807, 2.05) is 0 Å². The Bertz CT molecular complexity index is 1250. The molecular formula is C22H19F3N4O3S. The van der Waals surface area contributed by atoms with Crippen molar-refractivity contribution >= 4 is 23.1 Å². The smallest absolute Gasteiger partial charge is 0.395 e. The number of likely N-dealkylation sites (tertiary alicyclic amines) is 1. The van der Waals surface area contributed by atoms with Crippen LogP contribution in [0.4, 0.5) is 23.7 Å². The van der Waals surface area contributed by atoms with Gasteiger partial charge in [0.15, 0.2) is 16.3 Å². The molecule has 0 aliphatic carbocycles. The van der Waals surface area contributed by atoms with E-state index in [1.165, 1.54) is 35.6 Å². The number of hydrogen-bond acceptors (Lipinski definition) is 5. The van der Waals surface area contributed by atoms with Gasteiger partial charge < -0.3 is 19.7 Å². The Balaban J connectivity index is 1.47. The van der Waals surface area contributed by atoms with Crippen LogP contribution in [0.25, 0.3) is 5.69 Å². The number of nitrogens with one attached hydrogen (secondary N) is 1. The van der Waals surface area contributed by atoms with Gasteiger partial charge in [-0.05, 0) is 49.2 Å². The summed E-state index contributed by atoms with van der Waals surface area (Å²) in [7, 11) is 0. The van der Waals surface area contributed by atoms with Crippen molar-refractivity contribution in [2.45, 2.75) is 25.7 Å². The van der Waals surface area contributed by atoms with Gasteiger partial charge >= 0.3 is 12.3 Å². The predicted molar refractivity (Wildman–Crippen MR) is 115 cm³/mol. The van der Waals surface area contributed by atoms with Gasteiger partial charge in [-0.25, -0.2) is 9.18 Å². The molecule has 1 fully saturated rings. The van der Waals surface area contributed by atoms with Crippen molar-refractivity contribution in [3.05, 3.63) is 64.2 Å². The van der Waals surface area contributed by atoms with Gasteiger partial charge in [-0.15, -0.1) is 8.78 Å². The molecule has 33 heavy (non-hydrogen) atoms. The summed E-state index contributed by atoms with van der Waals surface area (Å²) in [6, 6.07) is 10.0. The molecular weight excluding hydrogens is 457 g/mol. The third-order valence-corrected chi connectivity index (χ3v) is 6.23. The average Bonchev–Trinajstić information content (AvgIpc) is 3.50. The van der Waals surface area contributed by atoms with Gasteiger partial charge in [0.05, 0.1) is 12.2 Å². The number of aromatic nitrogens is 1. The Morgan fingerprint density at radius 2 is 1.82 bits per heavy atom. The van der Waals surface area contributed by atoms with Crippen LogP contribution in [0.1, 0.15) is 17.7 Å². The summed E-state index contributed by atoms with van der Waals surface area (Å²) < 4.78 is 50.7. The fourth-order valence-corrected chi connectivity index (χ4v) is 4.56. The summed E-state index contributed by atoms with van der Waals surface area (Å²) in [6.07, 6.45) is -0.0692. The average molecular weight is 476 g/mol. The Morgan fingerprint density at radius 1 is 1.09 bits per heavy atom. The molecule has 0 unspecified atom stereocenters. The minimum atomic E-state index is -3.72. The van der Waals surface area contributed by atoms with E-state index in [0.29, 0.717) is 30.1 Å². The van der Waals surface area contributed by atoms with Crippen LogP contribution in [0.3, 0.4) is 0 Å². The van der Waals surface area contributed by atoms with E-state index < -0.39 is 6.29 Å². The maximum absolute atomic E-state index is 13.4. The normalized spacial score (nSPS) is 16.9. The topological polar surface area (TPSA) is 68.1 Å². The maximum atomic E-state index is 13.4. The molecule has 7 nitrogen and oxygen atoms in total. The number of nitrogens with zero attached hydrogens (tertiary/aromatic N) is 3. The van der Waals surface area contributed by atoms with E-state index in [-0.39, 0.29) is 23.3 Å². The molecule has 2 aromatic carbocycles. The zero-order valence-corrected chi connectivity index (χ0v) is 18.1. The monoisotopic (exact) mass is 476 g/mol. The lowest BCUT2D eigenvalue weighted by atomic mass is 10.3. The number of thiazole rings is 1. The van der Waals surface area contributed by atoms with Crippen LogP contribution in [0.5, 0.6) is 11.5 Å². The van der Waals surface area contributed by atoms with E-state index >= 15 is 0 Å². The molecule has 1 saturated heterocycles. The first-order valence-electron chi connectivity index (χ1n) is 10.3. The first-order valence-corrected chi connectivity index (χ1v) is 11.1. The minimum absolute atomic E-state index is 0.0654. The van der Waals surface area contributed by atoms with Crippen molar-refractivity contribution in [1.29, 1.82) is 0 Å². The third kappa shape index (κ3) is 4.68. The molecule has 3 heterocycles. The molecule has 0 bridgehead atoms. The molecule has 11 heteroatoms. The highest BCUT2D eigenvalue weighted by molar-refractivity contribution is 7.09. The number of benzene rings is 2. The van der Waals surface area contributed by atoms with E-state index in [2.05, 4.69) is 19.8 Å². The molecule has 172 valence electrons. The van der Waals surface area contributed by atoms with Crippen molar-refractivity contribution in [3.8, 4) is 17.2 Å². The number of fused-ring (bicyclic) bond motifs is 1. The molecule has 0 spiro atoms. The van der Waals surface area contributed by atoms with Gasteiger partial charge in [-0.3, -0.25) is 4.57 Å². The Morgan fingerprint density at radius 3 is 2.58 bits per heavy atom. The molecule has 2 amide bonds. The second-order valence-electron chi connectivity index (χ2n) is 7.60. The van der Waals surface area contributed by atoms with Gasteiger partial charge in [0.25, 0.3) is 0 Å². The van der Waals surface area contributed by atoms with Crippen molar-refractivity contribution in [2.75, 3.05) is 18.4 Å². The van der Waals surface area contributed by atoms with Crippen LogP contribution in [0.15, 0.2) is 53.7 Å². The largest absolute Gasteiger partial charge is 0.586 e. The number of ether oxygens (including phenoxy) is 2. The van der Waals surface area contributed by atoms with Crippen molar-refractivity contribution in [2.24, 2.45) is 4.99 Å². The van der Waals surface area contributed by atoms with Crippen molar-refractivity contribution < 1.29 is 27.4 Å². The molecule has 2 aliphatic rings. The molecule has 3 aromatic rings. The van der Waals surface area contributed by atoms with Gasteiger partial charge in [0.1, 0.15) is 5.82 Å². The third-order valence-electron chi connectivity index (χ3n) is 5.24. The van der Waals surface area contributed by atoms with Crippen LogP contribution >= 0.6 is 11.3 Å². The quantitative estimate of drug-likeness (QED) is 0.591. The maximum Gasteiger partial charge on any atom is 0.586 e. The van der Waals surface area contributed by atoms with Gasteiger partial charge in [-0.1, -0.05) is 11.3 Å². The van der Waals surface area contributed by atoms with Gasteiger partial charge in [-0.2, -0.15) is 4.99 Å². The van der Waals surface area contributed by atoms with Crippen molar-refractivity contribution in [3.63, 3.8) is 0 Å². The lowest BCUT2D eigenvalue weighted by Gasteiger charge is -2.10. The molecule has 5 rings (SSSR count). The van der Waals surface area contributed by atoms with E-state index in [0.717, 1.165) is 23.4 Å². The number of alkyl halides is 2. The SMILES string of the molecule is O=C(N=c1sc(CNc2ccc(F)cc2)cn1-c1ccc2c(c1)OC(F)(F)O2)N1CCCC1. The zero-order chi connectivity index (χ0) is 23.0. The first kappa shape index (κ1) is 21.4. The summed E-state index contributed by atoms with van der Waals surface area (Å²) >= 11 is 1.29. The number of hydrogen-bond donors (Lipinski definition) is 1. The standard InChI is InChI=1S/C22H19F3N4O3S/c23-14-3-5-15(6-4-14)26-12-17-13-29(21(33-17)27-20(30)28-9-1-2-10-28)16-7-8-18-19(11-16)32-22(24,25)31-18/h3-8,11,13,26H,1-2,9-10,12H2. The van der Waals surface area contributed by atoms with Gasteiger partial charge in [0, 0.05) is 35.9 Å². The molecule has 1 aromatic heterocycles. The van der Waals surface area contributed by atoms with Crippen LogP contribution < -0.4 is 19.6 Å². The van der Waals surface area contributed by atoms with Crippen LogP contribution in [0.2, 0.25) is 0 Å². The summed E-state index contributed by atoms with van der Waals surface area (Å²) in [5.41, 5.74) is 1.22. The zero-order valence-electron chi connectivity index (χ0n) is 17.3. The van der Waals surface area contributed by atoms with Crippen LogP contribution in [-0.4, -0.2) is 34.9 Å². The fourth-order valence-electron chi connectivity index (χ4n) is 3.64. The molecule has 0 atom stereocenters. The Labute approximate surface area is 190 Å². The van der Waals surface area contributed by atoms with E-state index in [9.17, 15) is 18.0 Å². The Hall–Kier alpha value is -3.47. The number of rotatable bonds is 4. The number of carbonyl (C=O) groups excluding carboxylic acids is 1. The number of amides is 2. The highest BCUT2D eigenvalue weighted by Crippen LogP contribution is 2.41. The highest BCUT2D eigenvalue weighted by Gasteiger charge is 2.43. The predicted octanol–water partition coefficient (Wildman–Crippen LogP) is 4.73. The summed E-state index contributed by atoms with van der Waals surface area (Å²) in [6.45, 7) is 1.71. The molecule has 0 radical (unpaired) electrons. The number of anilines is 1. The number of carbonyl (C=O) groups is 1. The summed E-state index contributed by atoms with van der Waals surface area (Å²) in [4.78, 5) is 19.9. The number of halogens is 3. The molecule has 0 saturated carbocycles. The molecule has 1 N–H and O–H groups in total. The molecule has 2 aliphatic heterocycles. The number of urea groups is 1. The van der Waals surface area contributed by atoms with E-state index in [4.69, 9.17) is 0 Å².